The Morgan fingerprint density at radius 1 is 0.974 bits per heavy atom. The van der Waals surface area contributed by atoms with E-state index in [1.54, 1.807) is 0 Å². The van der Waals surface area contributed by atoms with E-state index in [9.17, 15) is 0 Å². The molecule has 0 spiro atoms. The molecule has 6 heteroatoms. The van der Waals surface area contributed by atoms with Gasteiger partial charge in [0.25, 0.3) is 0 Å². The lowest BCUT2D eigenvalue weighted by Crippen LogP contribution is -2.25. The first-order valence-electron chi connectivity index (χ1n) is 13.3. The van der Waals surface area contributed by atoms with Gasteiger partial charge in [0.1, 0.15) is 17.4 Å². The van der Waals surface area contributed by atoms with E-state index in [0.717, 1.165) is 58.3 Å². The van der Waals surface area contributed by atoms with Gasteiger partial charge in [0.15, 0.2) is 5.58 Å². The van der Waals surface area contributed by atoms with Gasteiger partial charge in [-0.3, -0.25) is 19.9 Å². The Balaban J connectivity index is 0.000000956. The molecule has 0 bridgehead atoms. The second-order valence-electron chi connectivity index (χ2n) is 10.1. The molecule has 1 N–H and O–H groups in total. The summed E-state index contributed by atoms with van der Waals surface area (Å²) in [7, 11) is 1.00. The number of fused-ring (bicyclic) bond motifs is 1. The van der Waals surface area contributed by atoms with Crippen molar-refractivity contribution in [1.29, 1.82) is 0 Å². The fourth-order valence-electron chi connectivity index (χ4n) is 4.23. The van der Waals surface area contributed by atoms with Gasteiger partial charge >= 0.3 is 0 Å². The molecule has 0 saturated carbocycles. The van der Waals surface area contributed by atoms with E-state index >= 15 is 0 Å². The lowest BCUT2D eigenvalue weighted by molar-refractivity contribution is -0.175. The molecule has 202 valence electrons. The first-order chi connectivity index (χ1) is 18.3. The number of aliphatic hydroxyl groups excluding tert-OH is 1. The van der Waals surface area contributed by atoms with Crippen LogP contribution >= 0.6 is 0 Å². The zero-order valence-electron chi connectivity index (χ0n) is 23.9. The minimum absolute atomic E-state index is 0.0256. The van der Waals surface area contributed by atoms with Crippen LogP contribution in [0.5, 0.6) is 0 Å². The van der Waals surface area contributed by atoms with E-state index < -0.39 is 0 Å². The average molecular weight is 516 g/mol. The monoisotopic (exact) mass is 515 g/mol. The number of hydrogen-bond acceptors (Lipinski definition) is 6. The van der Waals surface area contributed by atoms with Gasteiger partial charge in [-0.1, -0.05) is 65.0 Å². The minimum Gasteiger partial charge on any atom is -0.454 e. The molecule has 38 heavy (non-hydrogen) atoms. The fraction of sp³-hybridized carbons (Fsp3) is 0.375. The first kappa shape index (κ1) is 29.1. The van der Waals surface area contributed by atoms with Crippen LogP contribution in [0.2, 0.25) is 0 Å². The molecule has 0 fully saturated rings. The second-order valence-corrected chi connectivity index (χ2v) is 10.1. The van der Waals surface area contributed by atoms with Gasteiger partial charge < -0.3 is 9.52 Å². The lowest BCUT2D eigenvalue weighted by Gasteiger charge is -2.25. The van der Waals surface area contributed by atoms with Gasteiger partial charge in [-0.2, -0.15) is 0 Å². The van der Waals surface area contributed by atoms with Gasteiger partial charge in [0.2, 0.25) is 0 Å². The summed E-state index contributed by atoms with van der Waals surface area (Å²) < 4.78 is 6.36. The smallest absolute Gasteiger partial charge is 0.161 e. The van der Waals surface area contributed by atoms with Crippen LogP contribution in [0.1, 0.15) is 72.2 Å². The summed E-state index contributed by atoms with van der Waals surface area (Å²) in [5.41, 5.74) is 6.90. The number of aromatic nitrogens is 2. The Hall–Kier alpha value is -3.48. The molecule has 1 aromatic carbocycles. The van der Waals surface area contributed by atoms with Crippen molar-refractivity contribution in [3.05, 3.63) is 84.5 Å². The number of hydrogen-bond donors (Lipinski definition) is 1. The number of furan rings is 1. The molecule has 6 nitrogen and oxygen atoms in total. The number of nitrogens with zero attached hydrogens (tertiary/aromatic N) is 3. The van der Waals surface area contributed by atoms with Gasteiger partial charge in [0.05, 0.1) is 6.04 Å². The molecule has 0 aliphatic carbocycles. The third-order valence-corrected chi connectivity index (χ3v) is 6.36. The van der Waals surface area contributed by atoms with Crippen molar-refractivity contribution >= 4 is 11.1 Å². The topological polar surface area (TPSA) is 71.6 Å². The van der Waals surface area contributed by atoms with Crippen molar-refractivity contribution in [3.63, 3.8) is 0 Å². The van der Waals surface area contributed by atoms with E-state index in [1.165, 1.54) is 0 Å². The number of hydroxylamine groups is 2. The number of pyridine rings is 2. The second kappa shape index (κ2) is 12.9. The Morgan fingerprint density at radius 3 is 2.29 bits per heavy atom. The molecule has 0 saturated heterocycles. The molecule has 3 aromatic heterocycles. The largest absolute Gasteiger partial charge is 0.454 e. The van der Waals surface area contributed by atoms with Gasteiger partial charge in [-0.05, 0) is 49.6 Å². The van der Waals surface area contributed by atoms with Crippen LogP contribution in [0.15, 0.2) is 77.6 Å². The SMILES string of the molecule is CC.CC(ON1C=CCC1C)c1ccc(-c2cc3nccc(-c4ccnc(C(C)(C)C)c4)c3o2)cc1.CO. The molecular weight excluding hydrogens is 474 g/mol. The zero-order chi connectivity index (χ0) is 27.9. The molecule has 5 rings (SSSR count). The summed E-state index contributed by atoms with van der Waals surface area (Å²) in [5.74, 6) is 0.802. The Bertz CT molecular complexity index is 1340. The maximum atomic E-state index is 7.00. The summed E-state index contributed by atoms with van der Waals surface area (Å²) in [6.07, 6.45) is 8.84. The molecule has 0 radical (unpaired) electrons. The predicted octanol–water partition coefficient (Wildman–Crippen LogP) is 8.09. The van der Waals surface area contributed by atoms with Crippen LogP contribution in [0.3, 0.4) is 0 Å². The predicted molar refractivity (Wildman–Crippen MR) is 155 cm³/mol. The standard InChI is InChI=1S/C29H31N3O2.C2H6.CH4O/c1-19-7-6-16-32(19)34-20(2)21-8-10-22(11-9-21)26-18-25-28(33-26)24(13-15-30-25)23-12-14-31-27(17-23)29(3,4)5;2*1-2/h6,8-20H,7H2,1-5H3;1-2H3;2H,1H3. The fourth-order valence-corrected chi connectivity index (χ4v) is 4.23. The highest BCUT2D eigenvalue weighted by atomic mass is 16.7. The van der Waals surface area contributed by atoms with E-state index in [1.807, 2.05) is 55.7 Å². The molecule has 1 aliphatic heterocycles. The highest BCUT2D eigenvalue weighted by Crippen LogP contribution is 2.35. The van der Waals surface area contributed by atoms with E-state index in [-0.39, 0.29) is 11.5 Å². The van der Waals surface area contributed by atoms with Crippen LogP contribution in [0, 0.1) is 0 Å². The zero-order valence-corrected chi connectivity index (χ0v) is 23.9. The maximum Gasteiger partial charge on any atom is 0.161 e. The normalized spacial score (nSPS) is 15.5. The van der Waals surface area contributed by atoms with Crippen molar-refractivity contribution < 1.29 is 14.4 Å². The van der Waals surface area contributed by atoms with E-state index in [2.05, 4.69) is 81.0 Å². The summed E-state index contributed by atoms with van der Waals surface area (Å²) in [6.45, 7) is 14.8. The van der Waals surface area contributed by atoms with Crippen molar-refractivity contribution in [3.8, 4) is 22.5 Å². The number of rotatable bonds is 5. The Labute approximate surface area is 227 Å². The summed E-state index contributed by atoms with van der Waals surface area (Å²) in [6, 6.07) is 16.9. The summed E-state index contributed by atoms with van der Waals surface area (Å²) >= 11 is 0. The van der Waals surface area contributed by atoms with Crippen molar-refractivity contribution in [1.82, 2.24) is 15.0 Å². The Morgan fingerprint density at radius 2 is 1.66 bits per heavy atom. The molecule has 4 heterocycles. The van der Waals surface area contributed by atoms with Crippen LogP contribution in [-0.2, 0) is 10.3 Å². The summed E-state index contributed by atoms with van der Waals surface area (Å²) in [5, 5.41) is 8.94. The first-order valence-corrected chi connectivity index (χ1v) is 13.3. The van der Waals surface area contributed by atoms with Crippen LogP contribution in [0.25, 0.3) is 33.6 Å². The molecule has 4 aromatic rings. The third-order valence-electron chi connectivity index (χ3n) is 6.36. The van der Waals surface area contributed by atoms with Crippen molar-refractivity contribution in [2.75, 3.05) is 7.11 Å². The summed E-state index contributed by atoms with van der Waals surface area (Å²) in [4.78, 5) is 15.2. The highest BCUT2D eigenvalue weighted by Gasteiger charge is 2.20. The van der Waals surface area contributed by atoms with Gasteiger partial charge in [-0.15, -0.1) is 0 Å². The van der Waals surface area contributed by atoms with Crippen LogP contribution in [0.4, 0.5) is 0 Å². The molecule has 0 amide bonds. The van der Waals surface area contributed by atoms with Crippen LogP contribution in [-0.4, -0.2) is 33.3 Å². The minimum atomic E-state index is -0.0353. The third kappa shape index (κ3) is 6.50. The van der Waals surface area contributed by atoms with Gasteiger partial charge in [-0.25, -0.2) is 0 Å². The van der Waals surface area contributed by atoms with Crippen molar-refractivity contribution in [2.45, 2.75) is 72.4 Å². The molecular formula is C32H41N3O3. The molecule has 2 unspecified atom stereocenters. The highest BCUT2D eigenvalue weighted by molar-refractivity contribution is 5.92. The number of benzene rings is 1. The average Bonchev–Trinajstić information content (AvgIpc) is 3.56. The molecule has 2 atom stereocenters. The van der Waals surface area contributed by atoms with Gasteiger partial charge in [0, 0.05) is 54.0 Å². The Kier molecular flexibility index (Phi) is 9.84. The van der Waals surface area contributed by atoms with E-state index in [0.29, 0.717) is 6.04 Å². The molecule has 1 aliphatic rings. The van der Waals surface area contributed by atoms with E-state index in [4.69, 9.17) is 14.4 Å². The number of aliphatic hydroxyl groups is 1. The van der Waals surface area contributed by atoms with Crippen molar-refractivity contribution in [2.24, 2.45) is 0 Å². The lowest BCUT2D eigenvalue weighted by atomic mass is 9.90. The quantitative estimate of drug-likeness (QED) is 0.290. The van der Waals surface area contributed by atoms with Crippen LogP contribution < -0.4 is 0 Å². The maximum absolute atomic E-state index is 7.00.